The molecule has 0 bridgehead atoms. The summed E-state index contributed by atoms with van der Waals surface area (Å²) in [6, 6.07) is 4.13. The van der Waals surface area contributed by atoms with Gasteiger partial charge in [-0.2, -0.15) is 0 Å². The first-order valence-electron chi connectivity index (χ1n) is 13.6. The second kappa shape index (κ2) is 14.1. The average molecular weight is 520 g/mol. The van der Waals surface area contributed by atoms with Crippen molar-refractivity contribution in [2.75, 3.05) is 59.7 Å². The van der Waals surface area contributed by atoms with Crippen LogP contribution < -0.4 is 10.6 Å². The molecule has 0 spiro atoms. The van der Waals surface area contributed by atoms with Crippen LogP contribution in [0, 0.1) is 5.92 Å². The van der Waals surface area contributed by atoms with Crippen molar-refractivity contribution in [2.24, 2.45) is 5.92 Å². The van der Waals surface area contributed by atoms with Crippen LogP contribution >= 0.6 is 0 Å². The van der Waals surface area contributed by atoms with E-state index in [0.717, 1.165) is 62.3 Å². The van der Waals surface area contributed by atoms with E-state index in [1.807, 2.05) is 25.4 Å². The lowest BCUT2D eigenvalue weighted by Gasteiger charge is -2.26. The minimum absolute atomic E-state index is 0.0868. The quantitative estimate of drug-likeness (QED) is 0.380. The molecule has 2 heterocycles. The van der Waals surface area contributed by atoms with Gasteiger partial charge in [0.05, 0.1) is 0 Å². The highest BCUT2D eigenvalue weighted by Gasteiger charge is 2.21. The van der Waals surface area contributed by atoms with Crippen molar-refractivity contribution in [1.29, 1.82) is 0 Å². The molecule has 7 heteroatoms. The number of pyridine rings is 1. The lowest BCUT2D eigenvalue weighted by Crippen LogP contribution is -2.26. The van der Waals surface area contributed by atoms with Gasteiger partial charge >= 0.3 is 0 Å². The van der Waals surface area contributed by atoms with E-state index in [4.69, 9.17) is 0 Å². The molecule has 7 nitrogen and oxygen atoms in total. The number of carbonyl (C=O) groups is 1. The van der Waals surface area contributed by atoms with Gasteiger partial charge in [0.1, 0.15) is 5.82 Å². The van der Waals surface area contributed by atoms with Crippen LogP contribution in [0.5, 0.6) is 0 Å². The molecule has 206 valence electrons. The number of anilines is 1. The minimum Gasteiger partial charge on any atom is -0.396 e. The van der Waals surface area contributed by atoms with E-state index in [9.17, 15) is 9.90 Å². The van der Waals surface area contributed by atoms with E-state index in [2.05, 4.69) is 65.7 Å². The van der Waals surface area contributed by atoms with Crippen LogP contribution in [-0.4, -0.2) is 80.2 Å². The van der Waals surface area contributed by atoms with Crippen LogP contribution in [0.2, 0.25) is 0 Å². The minimum atomic E-state index is 0.0868. The molecule has 3 N–H and O–H groups in total. The molecule has 0 saturated heterocycles. The van der Waals surface area contributed by atoms with E-state index in [1.165, 1.54) is 28.0 Å². The Balaban J connectivity index is 1.63. The summed E-state index contributed by atoms with van der Waals surface area (Å²) in [6.45, 7) is 7.12. The van der Waals surface area contributed by atoms with Gasteiger partial charge in [0.25, 0.3) is 0 Å². The fourth-order valence-electron chi connectivity index (χ4n) is 5.18. The molecule has 3 rings (SSSR count). The number of nitrogens with zero attached hydrogens (tertiary/aromatic N) is 3. The van der Waals surface area contributed by atoms with Crippen LogP contribution in [0.15, 0.2) is 70.6 Å². The zero-order chi connectivity index (χ0) is 27.7. The van der Waals surface area contributed by atoms with Crippen molar-refractivity contribution >= 4 is 17.3 Å². The number of rotatable bonds is 12. The molecule has 38 heavy (non-hydrogen) atoms. The summed E-state index contributed by atoms with van der Waals surface area (Å²) in [5.74, 6) is 1.28. The molecule has 1 unspecified atom stereocenters. The van der Waals surface area contributed by atoms with Crippen LogP contribution in [-0.2, 0) is 4.79 Å². The van der Waals surface area contributed by atoms with Crippen molar-refractivity contribution in [3.63, 3.8) is 0 Å². The first kappa shape index (κ1) is 29.4. The number of nitrogens with one attached hydrogen (secondary N) is 2. The topological polar surface area (TPSA) is 80.7 Å². The Bertz CT molecular complexity index is 1130. The van der Waals surface area contributed by atoms with Gasteiger partial charge in [-0.15, -0.1) is 0 Å². The van der Waals surface area contributed by atoms with Crippen LogP contribution in [0.25, 0.3) is 5.57 Å². The normalized spacial score (nSPS) is 16.9. The molecular weight excluding hydrogens is 474 g/mol. The zero-order valence-electron chi connectivity index (χ0n) is 24.0. The standard InChI is InChI=1S/C31H45N5O2/c1-22(19-29-23(2)33-16-13-28(29)27-11-12-30(32-3)34-20-27)21-36(6)17-14-25(15-18-37)24-7-9-26(10-8-24)31(38)35(4)5/h7,9,11-13,19-20,25,33,37H,8,10,14-18,21H2,1-6H3,(H,32,34)/b22-19+. The summed E-state index contributed by atoms with van der Waals surface area (Å²) in [4.78, 5) is 20.8. The number of aliphatic hydroxyl groups excluding tert-OH is 1. The molecular formula is C31H45N5O2. The largest absolute Gasteiger partial charge is 0.396 e. The first-order chi connectivity index (χ1) is 18.2. The first-order valence-corrected chi connectivity index (χ1v) is 13.6. The lowest BCUT2D eigenvalue weighted by atomic mass is 9.85. The van der Waals surface area contributed by atoms with Gasteiger partial charge in [-0.3, -0.25) is 4.79 Å². The molecule has 0 fully saturated rings. The summed E-state index contributed by atoms with van der Waals surface area (Å²) >= 11 is 0. The third-order valence-electron chi connectivity index (χ3n) is 7.33. The van der Waals surface area contributed by atoms with Gasteiger partial charge in [-0.1, -0.05) is 35.5 Å². The second-order valence-corrected chi connectivity index (χ2v) is 10.6. The maximum atomic E-state index is 12.3. The number of carbonyl (C=O) groups excluding carboxylic acids is 1. The predicted octanol–water partition coefficient (Wildman–Crippen LogP) is 4.39. The second-order valence-electron chi connectivity index (χ2n) is 10.6. The highest BCUT2D eigenvalue weighted by Crippen LogP contribution is 2.31. The molecule has 0 radical (unpaired) electrons. The number of amides is 1. The molecule has 1 aromatic rings. The molecule has 1 atom stereocenters. The van der Waals surface area contributed by atoms with Gasteiger partial charge in [0.15, 0.2) is 0 Å². The van der Waals surface area contributed by atoms with Gasteiger partial charge in [-0.05, 0) is 76.7 Å². The number of hydrogen-bond acceptors (Lipinski definition) is 6. The Morgan fingerprint density at radius 3 is 2.61 bits per heavy atom. The Labute approximate surface area is 228 Å². The van der Waals surface area contributed by atoms with Crippen LogP contribution in [0.3, 0.4) is 0 Å². The van der Waals surface area contributed by atoms with E-state index in [0.29, 0.717) is 5.92 Å². The van der Waals surface area contributed by atoms with Crippen LogP contribution in [0.4, 0.5) is 5.82 Å². The third-order valence-corrected chi connectivity index (χ3v) is 7.33. The SMILES string of the molecule is CNc1ccc(C2=CCNC(C)=C2/C=C(\C)CN(C)CCC(CCO)C2=CC=C(C(=O)N(C)C)CC2)cn1. The summed E-state index contributed by atoms with van der Waals surface area (Å²) in [5, 5.41) is 16.3. The molecule has 1 amide bonds. The molecule has 0 aromatic carbocycles. The third kappa shape index (κ3) is 7.92. The van der Waals surface area contributed by atoms with E-state index >= 15 is 0 Å². The number of allylic oxidation sites excluding steroid dienone is 7. The Morgan fingerprint density at radius 1 is 1.21 bits per heavy atom. The van der Waals surface area contributed by atoms with E-state index in [1.54, 1.807) is 19.0 Å². The smallest absolute Gasteiger partial charge is 0.249 e. The number of aromatic nitrogens is 1. The Morgan fingerprint density at radius 2 is 2.00 bits per heavy atom. The number of dihydropyridines is 1. The van der Waals surface area contributed by atoms with Gasteiger partial charge in [0, 0.05) is 69.4 Å². The van der Waals surface area contributed by atoms with Crippen molar-refractivity contribution in [3.8, 4) is 0 Å². The highest BCUT2D eigenvalue weighted by atomic mass is 16.3. The summed E-state index contributed by atoms with van der Waals surface area (Å²) in [5.41, 5.74) is 8.22. The van der Waals surface area contributed by atoms with Crippen molar-refractivity contribution < 1.29 is 9.90 Å². The summed E-state index contributed by atoms with van der Waals surface area (Å²) in [7, 11) is 7.63. The van der Waals surface area contributed by atoms with Gasteiger partial charge in [-0.25, -0.2) is 4.98 Å². The van der Waals surface area contributed by atoms with Crippen molar-refractivity contribution in [1.82, 2.24) is 20.1 Å². The van der Waals surface area contributed by atoms with Crippen molar-refractivity contribution in [2.45, 2.75) is 39.5 Å². The summed E-state index contributed by atoms with van der Waals surface area (Å²) in [6.07, 6.45) is 13.9. The maximum absolute atomic E-state index is 12.3. The fraction of sp³-hybridized carbons (Fsp3) is 0.484. The predicted molar refractivity (Wildman–Crippen MR) is 158 cm³/mol. The Hall–Kier alpha value is -3.16. The fourth-order valence-corrected chi connectivity index (χ4v) is 5.18. The number of hydrogen-bond donors (Lipinski definition) is 3. The molecule has 1 aromatic heterocycles. The molecule has 2 aliphatic rings. The molecule has 0 saturated carbocycles. The zero-order valence-corrected chi connectivity index (χ0v) is 24.0. The Kier molecular flexibility index (Phi) is 10.9. The lowest BCUT2D eigenvalue weighted by molar-refractivity contribution is -0.124. The van der Waals surface area contributed by atoms with Crippen molar-refractivity contribution in [3.05, 3.63) is 76.2 Å². The maximum Gasteiger partial charge on any atom is 0.249 e. The number of likely N-dealkylation sites (N-methyl/N-ethyl adjacent to an activating group) is 2. The van der Waals surface area contributed by atoms with Gasteiger partial charge in [0.2, 0.25) is 5.91 Å². The van der Waals surface area contributed by atoms with Crippen LogP contribution in [0.1, 0.15) is 45.1 Å². The van der Waals surface area contributed by atoms with Gasteiger partial charge < -0.3 is 25.5 Å². The summed E-state index contributed by atoms with van der Waals surface area (Å²) < 4.78 is 0. The van der Waals surface area contributed by atoms with E-state index < -0.39 is 0 Å². The average Bonchev–Trinajstić information content (AvgIpc) is 2.91. The number of aliphatic hydroxyl groups is 1. The molecule has 1 aliphatic carbocycles. The van der Waals surface area contributed by atoms with E-state index in [-0.39, 0.29) is 12.5 Å². The monoisotopic (exact) mass is 519 g/mol. The molecule has 1 aliphatic heterocycles. The highest BCUT2D eigenvalue weighted by molar-refractivity contribution is 5.93.